The Hall–Kier alpha value is -1.06. The Kier molecular flexibility index (Phi) is 3.28. The van der Waals surface area contributed by atoms with Gasteiger partial charge in [-0.3, -0.25) is 4.79 Å². The summed E-state index contributed by atoms with van der Waals surface area (Å²) in [4.78, 5) is 10.9. The van der Waals surface area contributed by atoms with E-state index in [1.54, 1.807) is 31.3 Å². The van der Waals surface area contributed by atoms with E-state index in [2.05, 4.69) is 5.32 Å². The topological polar surface area (TPSA) is 55.1 Å². The molecule has 0 fully saturated rings. The molecule has 3 nitrogen and oxygen atoms in total. The van der Waals surface area contributed by atoms with Crippen LogP contribution < -0.4 is 11.1 Å². The second-order valence-electron chi connectivity index (χ2n) is 2.68. The monoisotopic (exact) mass is 198 g/mol. The van der Waals surface area contributed by atoms with Crippen LogP contribution in [0.2, 0.25) is 5.02 Å². The summed E-state index contributed by atoms with van der Waals surface area (Å²) in [5.41, 5.74) is 6.00. The number of carbonyl (C=O) groups is 1. The quantitative estimate of drug-likeness (QED) is 0.764. The molecule has 4 heteroatoms. The minimum Gasteiger partial charge on any atom is -0.368 e. The summed E-state index contributed by atoms with van der Waals surface area (Å²) in [5, 5.41) is 3.46. The zero-order valence-electron chi connectivity index (χ0n) is 7.25. The minimum atomic E-state index is -0.447. The molecule has 0 heterocycles. The van der Waals surface area contributed by atoms with E-state index >= 15 is 0 Å². The second kappa shape index (κ2) is 4.25. The first-order chi connectivity index (χ1) is 6.15. The average molecular weight is 199 g/mol. The summed E-state index contributed by atoms with van der Waals surface area (Å²) in [6, 6.07) is 6.55. The number of amides is 1. The van der Waals surface area contributed by atoms with Gasteiger partial charge >= 0.3 is 0 Å². The van der Waals surface area contributed by atoms with Crippen molar-refractivity contribution < 1.29 is 4.79 Å². The van der Waals surface area contributed by atoms with Crippen molar-refractivity contribution in [2.24, 2.45) is 5.73 Å². The molecule has 70 valence electrons. The first-order valence-electron chi connectivity index (χ1n) is 3.87. The molecule has 0 saturated carbocycles. The van der Waals surface area contributed by atoms with Crippen LogP contribution >= 0.6 is 11.6 Å². The fourth-order valence-corrected chi connectivity index (χ4v) is 1.25. The lowest BCUT2D eigenvalue weighted by molar-refractivity contribution is -0.120. The Morgan fingerprint density at radius 3 is 2.38 bits per heavy atom. The molecule has 0 spiro atoms. The molecule has 1 aromatic carbocycles. The maximum Gasteiger partial charge on any atom is 0.239 e. The van der Waals surface area contributed by atoms with Gasteiger partial charge in [0.05, 0.1) is 0 Å². The first-order valence-corrected chi connectivity index (χ1v) is 4.25. The third kappa shape index (κ3) is 2.44. The van der Waals surface area contributed by atoms with E-state index < -0.39 is 11.9 Å². The number of nitrogens with two attached hydrogens (primary N) is 1. The molecule has 1 atom stereocenters. The number of carbonyl (C=O) groups excluding carboxylic acids is 1. The highest BCUT2D eigenvalue weighted by molar-refractivity contribution is 6.30. The van der Waals surface area contributed by atoms with Crippen molar-refractivity contribution in [1.82, 2.24) is 5.32 Å². The molecule has 0 aliphatic carbocycles. The summed E-state index contributed by atoms with van der Waals surface area (Å²) in [5.74, 6) is -0.398. The van der Waals surface area contributed by atoms with E-state index in [1.165, 1.54) is 0 Å². The lowest BCUT2D eigenvalue weighted by Gasteiger charge is -2.11. The molecule has 13 heavy (non-hydrogen) atoms. The predicted octanol–water partition coefficient (Wildman–Crippen LogP) is 1.09. The lowest BCUT2D eigenvalue weighted by Crippen LogP contribution is -2.31. The van der Waals surface area contributed by atoms with Gasteiger partial charge in [0.1, 0.15) is 6.04 Å². The molecule has 1 amide bonds. The van der Waals surface area contributed by atoms with Crippen molar-refractivity contribution in [3.05, 3.63) is 34.9 Å². The number of halogens is 1. The molecule has 3 N–H and O–H groups in total. The van der Waals surface area contributed by atoms with Crippen molar-refractivity contribution in [2.75, 3.05) is 7.05 Å². The number of primary amides is 1. The second-order valence-corrected chi connectivity index (χ2v) is 3.11. The van der Waals surface area contributed by atoms with Crippen LogP contribution in [-0.4, -0.2) is 13.0 Å². The third-order valence-electron chi connectivity index (χ3n) is 1.78. The van der Waals surface area contributed by atoms with Crippen molar-refractivity contribution in [3.63, 3.8) is 0 Å². The molecule has 0 saturated heterocycles. The van der Waals surface area contributed by atoms with Crippen molar-refractivity contribution >= 4 is 17.5 Å². The van der Waals surface area contributed by atoms with Gasteiger partial charge in [-0.15, -0.1) is 0 Å². The average Bonchev–Trinajstić information content (AvgIpc) is 2.09. The van der Waals surface area contributed by atoms with E-state index in [-0.39, 0.29) is 0 Å². The number of likely N-dealkylation sites (N-methyl/N-ethyl adjacent to an activating group) is 1. The molecule has 0 bridgehead atoms. The van der Waals surface area contributed by atoms with Gasteiger partial charge < -0.3 is 11.1 Å². The van der Waals surface area contributed by atoms with Crippen LogP contribution in [0.3, 0.4) is 0 Å². The Bertz CT molecular complexity index is 297. The number of hydrogen-bond acceptors (Lipinski definition) is 2. The van der Waals surface area contributed by atoms with Crippen LogP contribution in [0.15, 0.2) is 24.3 Å². The van der Waals surface area contributed by atoms with Gasteiger partial charge in [-0.1, -0.05) is 23.7 Å². The molecule has 1 aromatic rings. The highest BCUT2D eigenvalue weighted by Crippen LogP contribution is 2.15. The van der Waals surface area contributed by atoms with Crippen molar-refractivity contribution in [1.29, 1.82) is 0 Å². The summed E-state index contributed by atoms with van der Waals surface area (Å²) >= 11 is 5.70. The molecule has 1 unspecified atom stereocenters. The molecule has 0 aliphatic rings. The van der Waals surface area contributed by atoms with Crippen LogP contribution in [0.1, 0.15) is 11.6 Å². The van der Waals surface area contributed by atoms with Crippen LogP contribution in [0, 0.1) is 0 Å². The smallest absolute Gasteiger partial charge is 0.239 e. The molecule has 0 aliphatic heterocycles. The van der Waals surface area contributed by atoms with Gasteiger partial charge in [0, 0.05) is 5.02 Å². The van der Waals surface area contributed by atoms with Crippen LogP contribution in [0.25, 0.3) is 0 Å². The van der Waals surface area contributed by atoms with Crippen molar-refractivity contribution in [3.8, 4) is 0 Å². The van der Waals surface area contributed by atoms with E-state index in [0.29, 0.717) is 5.02 Å². The fraction of sp³-hybridized carbons (Fsp3) is 0.222. The largest absolute Gasteiger partial charge is 0.368 e. The summed E-state index contributed by atoms with van der Waals surface area (Å²) in [7, 11) is 1.68. The van der Waals surface area contributed by atoms with Gasteiger partial charge in [-0.2, -0.15) is 0 Å². The van der Waals surface area contributed by atoms with Gasteiger partial charge in [-0.25, -0.2) is 0 Å². The first kappa shape index (κ1) is 10.0. The van der Waals surface area contributed by atoms with Crippen LogP contribution in [-0.2, 0) is 4.79 Å². The third-order valence-corrected chi connectivity index (χ3v) is 2.03. The summed E-state index contributed by atoms with van der Waals surface area (Å²) in [6.07, 6.45) is 0. The Balaban J connectivity index is 2.92. The summed E-state index contributed by atoms with van der Waals surface area (Å²) < 4.78 is 0. The van der Waals surface area contributed by atoms with E-state index in [1.807, 2.05) is 0 Å². The van der Waals surface area contributed by atoms with Gasteiger partial charge in [0.15, 0.2) is 0 Å². The maximum atomic E-state index is 10.9. The summed E-state index contributed by atoms with van der Waals surface area (Å²) in [6.45, 7) is 0. The van der Waals surface area contributed by atoms with Crippen molar-refractivity contribution in [2.45, 2.75) is 6.04 Å². The Labute approximate surface area is 81.9 Å². The molecule has 0 aromatic heterocycles. The number of benzene rings is 1. The van der Waals surface area contributed by atoms with E-state index in [9.17, 15) is 4.79 Å². The standard InChI is InChI=1S/C9H11ClN2O/c1-12-8(9(11)13)6-2-4-7(10)5-3-6/h2-5,8,12H,1H3,(H2,11,13). The lowest BCUT2D eigenvalue weighted by atomic mass is 10.1. The Morgan fingerprint density at radius 2 is 2.00 bits per heavy atom. The number of hydrogen-bond donors (Lipinski definition) is 2. The predicted molar refractivity (Wildman–Crippen MR) is 52.4 cm³/mol. The zero-order valence-corrected chi connectivity index (χ0v) is 8.01. The SMILES string of the molecule is CNC(C(N)=O)c1ccc(Cl)cc1. The molecular formula is C9H11ClN2O. The Morgan fingerprint density at radius 1 is 1.46 bits per heavy atom. The molecular weight excluding hydrogens is 188 g/mol. The van der Waals surface area contributed by atoms with Gasteiger partial charge in [0.2, 0.25) is 5.91 Å². The van der Waals surface area contributed by atoms with Crippen LogP contribution in [0.4, 0.5) is 0 Å². The normalized spacial score (nSPS) is 12.5. The van der Waals surface area contributed by atoms with Gasteiger partial charge in [0.25, 0.3) is 0 Å². The minimum absolute atomic E-state index is 0.398. The fourth-order valence-electron chi connectivity index (χ4n) is 1.13. The molecule has 0 radical (unpaired) electrons. The van der Waals surface area contributed by atoms with E-state index in [0.717, 1.165) is 5.56 Å². The number of nitrogens with one attached hydrogen (secondary N) is 1. The highest BCUT2D eigenvalue weighted by Gasteiger charge is 2.14. The molecule has 1 rings (SSSR count). The zero-order chi connectivity index (χ0) is 9.84. The van der Waals surface area contributed by atoms with Gasteiger partial charge in [-0.05, 0) is 24.7 Å². The van der Waals surface area contributed by atoms with Crippen LogP contribution in [0.5, 0.6) is 0 Å². The highest BCUT2D eigenvalue weighted by atomic mass is 35.5. The van der Waals surface area contributed by atoms with E-state index in [4.69, 9.17) is 17.3 Å². The maximum absolute atomic E-state index is 10.9. The number of rotatable bonds is 3.